The number of carbonyl (C=O) groups excluding carboxylic acids is 1. The summed E-state index contributed by atoms with van der Waals surface area (Å²) in [6, 6.07) is 0. The highest BCUT2D eigenvalue weighted by molar-refractivity contribution is 5.66. The molecule has 14 heavy (non-hydrogen) atoms. The van der Waals surface area contributed by atoms with Crippen LogP contribution in [0.25, 0.3) is 0 Å². The second-order valence-electron chi connectivity index (χ2n) is 4.20. The molecule has 0 atom stereocenters. The van der Waals surface area contributed by atoms with Gasteiger partial charge >= 0.3 is 5.91 Å². The zero-order valence-electron chi connectivity index (χ0n) is 9.00. The van der Waals surface area contributed by atoms with Crippen LogP contribution in [0.2, 0.25) is 0 Å². The molecule has 0 unspecified atom stereocenters. The average Bonchev–Trinajstić information content (AvgIpc) is 2.10. The van der Waals surface area contributed by atoms with Crippen molar-refractivity contribution in [3.05, 3.63) is 7.05 Å². The Bertz CT molecular complexity index is 190. The normalized spacial score (nSPS) is 21.4. The Labute approximate surface area is 92.2 Å². The van der Waals surface area contributed by atoms with Gasteiger partial charge in [-0.25, -0.2) is 4.79 Å². The van der Waals surface area contributed by atoms with Gasteiger partial charge in [0, 0.05) is 13.1 Å². The number of piperazine rings is 1. The summed E-state index contributed by atoms with van der Waals surface area (Å²) in [7, 11) is 7.77. The van der Waals surface area contributed by atoms with Crippen LogP contribution in [0.4, 0.5) is 0 Å². The SMILES string of the molecule is [CH2-][NH2+]C(=O)C[N+]1(C)CCN(C)CC1.[Cl-]. The lowest BCUT2D eigenvalue weighted by Crippen LogP contribution is -3.00. The molecule has 0 aliphatic carbocycles. The molecule has 1 aliphatic heterocycles. The number of amides is 1. The van der Waals surface area contributed by atoms with Gasteiger partial charge in [-0.15, -0.1) is 7.05 Å². The van der Waals surface area contributed by atoms with Gasteiger partial charge in [-0.3, -0.25) is 4.90 Å². The lowest BCUT2D eigenvalue weighted by Gasteiger charge is -2.39. The maximum absolute atomic E-state index is 11.2. The molecule has 0 spiro atoms. The van der Waals surface area contributed by atoms with E-state index in [1.807, 2.05) is 0 Å². The Morgan fingerprint density at radius 3 is 2.43 bits per heavy atom. The van der Waals surface area contributed by atoms with Crippen molar-refractivity contribution in [2.45, 2.75) is 0 Å². The summed E-state index contributed by atoms with van der Waals surface area (Å²) in [5.41, 5.74) is 0. The van der Waals surface area contributed by atoms with Crippen LogP contribution in [0.15, 0.2) is 0 Å². The third kappa shape index (κ3) is 3.92. The molecule has 1 aliphatic rings. The molecule has 2 N–H and O–H groups in total. The number of halogens is 1. The van der Waals surface area contributed by atoms with E-state index in [0.29, 0.717) is 6.54 Å². The number of likely N-dealkylation sites (N-methyl/N-ethyl adjacent to an activating group) is 2. The Morgan fingerprint density at radius 1 is 1.50 bits per heavy atom. The Kier molecular flexibility index (Phi) is 5.59. The van der Waals surface area contributed by atoms with Crippen LogP contribution >= 0.6 is 0 Å². The van der Waals surface area contributed by atoms with E-state index in [1.54, 1.807) is 0 Å². The van der Waals surface area contributed by atoms with E-state index in [2.05, 4.69) is 26.0 Å². The van der Waals surface area contributed by atoms with Gasteiger partial charge in [-0.1, -0.05) is 0 Å². The zero-order valence-corrected chi connectivity index (χ0v) is 9.76. The second kappa shape index (κ2) is 5.66. The Hall–Kier alpha value is -0.160. The summed E-state index contributed by atoms with van der Waals surface area (Å²) in [6.45, 7) is 4.91. The van der Waals surface area contributed by atoms with Crippen molar-refractivity contribution in [3.63, 3.8) is 0 Å². The standard InChI is InChI=1S/C9H20N3O.ClH/c1-10-9(13)8-12(3)6-4-11(2)5-7-12;/h1,4-8,10H2,2-3H3;1H/q+1;/p-1. The molecule has 1 fully saturated rings. The van der Waals surface area contributed by atoms with Crippen molar-refractivity contribution >= 4 is 5.91 Å². The molecule has 1 heterocycles. The maximum atomic E-state index is 11.2. The van der Waals surface area contributed by atoms with Gasteiger partial charge in [-0.05, 0) is 7.05 Å². The first-order valence-corrected chi connectivity index (χ1v) is 4.73. The van der Waals surface area contributed by atoms with Crippen LogP contribution in [0.3, 0.4) is 0 Å². The van der Waals surface area contributed by atoms with Gasteiger partial charge in [0.15, 0.2) is 6.54 Å². The average molecular weight is 222 g/mol. The fourth-order valence-electron chi connectivity index (χ4n) is 1.65. The van der Waals surface area contributed by atoms with Gasteiger partial charge in [0.25, 0.3) is 0 Å². The Balaban J connectivity index is 0.00000169. The number of carbonyl (C=O) groups is 1. The minimum Gasteiger partial charge on any atom is -1.00 e. The number of hydrogen-bond acceptors (Lipinski definition) is 2. The summed E-state index contributed by atoms with van der Waals surface area (Å²) >= 11 is 0. The topological polar surface area (TPSA) is 36.9 Å². The first-order valence-electron chi connectivity index (χ1n) is 4.73. The van der Waals surface area contributed by atoms with Crippen LogP contribution < -0.4 is 17.7 Å². The lowest BCUT2D eigenvalue weighted by atomic mass is 10.2. The molecule has 0 radical (unpaired) electrons. The third-order valence-electron chi connectivity index (χ3n) is 2.81. The van der Waals surface area contributed by atoms with Crippen molar-refractivity contribution in [1.82, 2.24) is 4.90 Å². The van der Waals surface area contributed by atoms with E-state index in [4.69, 9.17) is 0 Å². The van der Waals surface area contributed by atoms with Gasteiger partial charge in [0.2, 0.25) is 0 Å². The highest BCUT2D eigenvalue weighted by Gasteiger charge is 2.29. The van der Waals surface area contributed by atoms with Crippen molar-refractivity contribution < 1.29 is 27.0 Å². The van der Waals surface area contributed by atoms with Gasteiger partial charge in [0.1, 0.15) is 0 Å². The van der Waals surface area contributed by atoms with E-state index in [-0.39, 0.29) is 18.3 Å². The fourth-order valence-corrected chi connectivity index (χ4v) is 1.65. The number of hydrogen-bond donors (Lipinski definition) is 1. The van der Waals surface area contributed by atoms with Crippen LogP contribution in [0.5, 0.6) is 0 Å². The summed E-state index contributed by atoms with van der Waals surface area (Å²) in [6.07, 6.45) is 0. The van der Waals surface area contributed by atoms with Crippen LogP contribution in [-0.2, 0) is 4.79 Å². The summed E-state index contributed by atoms with van der Waals surface area (Å²) in [4.78, 5) is 13.5. The number of quaternary nitrogens is 2. The molecule has 1 amide bonds. The van der Waals surface area contributed by atoms with E-state index in [1.165, 1.54) is 5.32 Å². The molecule has 84 valence electrons. The van der Waals surface area contributed by atoms with Crippen LogP contribution in [0, 0.1) is 7.05 Å². The molecule has 1 saturated heterocycles. The molecule has 0 aromatic carbocycles. The molecular formula is C9H20ClN3O. The first kappa shape index (κ1) is 13.8. The zero-order chi connectivity index (χ0) is 9.90. The molecule has 0 aromatic rings. The van der Waals surface area contributed by atoms with Crippen molar-refractivity contribution in [1.29, 1.82) is 0 Å². The monoisotopic (exact) mass is 221 g/mol. The molecular weight excluding hydrogens is 202 g/mol. The number of nitrogens with zero attached hydrogens (tertiary/aromatic N) is 2. The van der Waals surface area contributed by atoms with Crippen LogP contribution in [0.1, 0.15) is 0 Å². The third-order valence-corrected chi connectivity index (χ3v) is 2.81. The molecule has 5 heteroatoms. The fraction of sp³-hybridized carbons (Fsp3) is 0.778. The predicted octanol–water partition coefficient (Wildman–Crippen LogP) is -4.74. The maximum Gasteiger partial charge on any atom is 0.339 e. The minimum absolute atomic E-state index is 0. The van der Waals surface area contributed by atoms with Crippen molar-refractivity contribution in [2.75, 3.05) is 46.8 Å². The van der Waals surface area contributed by atoms with Crippen LogP contribution in [-0.4, -0.2) is 62.1 Å². The van der Waals surface area contributed by atoms with E-state index < -0.39 is 0 Å². The number of nitrogens with two attached hydrogens (primary N) is 1. The summed E-state index contributed by atoms with van der Waals surface area (Å²) in [5.74, 6) is 0.159. The summed E-state index contributed by atoms with van der Waals surface area (Å²) in [5, 5.41) is 1.43. The molecule has 1 rings (SSSR count). The van der Waals surface area contributed by atoms with Gasteiger partial charge < -0.3 is 22.2 Å². The smallest absolute Gasteiger partial charge is 0.339 e. The number of rotatable bonds is 2. The van der Waals surface area contributed by atoms with Crippen molar-refractivity contribution in [3.8, 4) is 0 Å². The lowest BCUT2D eigenvalue weighted by molar-refractivity contribution is -0.909. The second-order valence-corrected chi connectivity index (χ2v) is 4.20. The molecule has 0 aromatic heterocycles. The summed E-state index contributed by atoms with van der Waals surface area (Å²) < 4.78 is 0.870. The van der Waals surface area contributed by atoms with Crippen molar-refractivity contribution in [2.24, 2.45) is 0 Å². The largest absolute Gasteiger partial charge is 1.00 e. The molecule has 0 bridgehead atoms. The first-order chi connectivity index (χ1) is 6.06. The van der Waals surface area contributed by atoms with E-state index >= 15 is 0 Å². The molecule has 0 saturated carbocycles. The van der Waals surface area contributed by atoms with Gasteiger partial charge in [-0.2, -0.15) is 0 Å². The van der Waals surface area contributed by atoms with E-state index in [0.717, 1.165) is 30.7 Å². The quantitative estimate of drug-likeness (QED) is 0.376. The molecule has 4 nitrogen and oxygen atoms in total. The Morgan fingerprint density at radius 2 is 2.00 bits per heavy atom. The predicted molar refractivity (Wildman–Crippen MR) is 50.6 cm³/mol. The highest BCUT2D eigenvalue weighted by Crippen LogP contribution is 2.07. The highest BCUT2D eigenvalue weighted by atomic mass is 35.5. The van der Waals surface area contributed by atoms with Gasteiger partial charge in [0.05, 0.1) is 20.1 Å². The number of primary amides is 1. The minimum atomic E-state index is 0. The van der Waals surface area contributed by atoms with E-state index in [9.17, 15) is 4.79 Å².